The Balaban J connectivity index is 1.81. The van der Waals surface area contributed by atoms with Crippen molar-refractivity contribution in [2.24, 2.45) is 0 Å². The molecule has 0 saturated carbocycles. The highest BCUT2D eigenvalue weighted by atomic mass is 19.1. The highest BCUT2D eigenvalue weighted by molar-refractivity contribution is 6.00. The lowest BCUT2D eigenvalue weighted by Crippen LogP contribution is -2.40. The van der Waals surface area contributed by atoms with Gasteiger partial charge in [-0.3, -0.25) is 4.79 Å². The maximum atomic E-state index is 14.0. The van der Waals surface area contributed by atoms with E-state index in [1.807, 2.05) is 24.1 Å². The molecule has 6 heteroatoms. The van der Waals surface area contributed by atoms with E-state index in [9.17, 15) is 9.18 Å². The van der Waals surface area contributed by atoms with Crippen LogP contribution in [0.15, 0.2) is 36.5 Å². The summed E-state index contributed by atoms with van der Waals surface area (Å²) in [5.41, 5.74) is 0.789. The van der Waals surface area contributed by atoms with Crippen molar-refractivity contribution < 1.29 is 9.18 Å². The molecule has 0 aliphatic carbocycles. The van der Waals surface area contributed by atoms with Crippen molar-refractivity contribution in [3.05, 3.63) is 47.9 Å². The molecule has 24 heavy (non-hydrogen) atoms. The lowest BCUT2D eigenvalue weighted by Gasteiger charge is -2.31. The Kier molecular flexibility index (Phi) is 4.74. The molecule has 0 spiro atoms. The lowest BCUT2D eigenvalue weighted by molar-refractivity contribution is 0.101. The Morgan fingerprint density at radius 3 is 2.92 bits per heavy atom. The summed E-state index contributed by atoms with van der Waals surface area (Å²) in [5, 5.41) is 8.14. The van der Waals surface area contributed by atoms with E-state index in [2.05, 4.69) is 15.1 Å². The molecule has 1 saturated heterocycles. The van der Waals surface area contributed by atoms with Crippen molar-refractivity contribution >= 4 is 17.3 Å². The third kappa shape index (κ3) is 3.22. The predicted octanol–water partition coefficient (Wildman–Crippen LogP) is 2.92. The summed E-state index contributed by atoms with van der Waals surface area (Å²) in [4.78, 5) is 16.0. The van der Waals surface area contributed by atoms with Crippen molar-refractivity contribution in [1.82, 2.24) is 10.2 Å². The van der Waals surface area contributed by atoms with Crippen molar-refractivity contribution in [2.45, 2.75) is 25.8 Å². The Morgan fingerprint density at radius 1 is 1.38 bits per heavy atom. The maximum Gasteiger partial charge on any atom is 0.164 e. The van der Waals surface area contributed by atoms with Crippen molar-refractivity contribution in [2.75, 3.05) is 29.9 Å². The Hall–Kier alpha value is -2.50. The van der Waals surface area contributed by atoms with Crippen LogP contribution in [0.25, 0.3) is 0 Å². The van der Waals surface area contributed by atoms with Gasteiger partial charge in [0.25, 0.3) is 0 Å². The van der Waals surface area contributed by atoms with E-state index in [0.29, 0.717) is 12.2 Å². The average Bonchev–Trinajstić information content (AvgIpc) is 3.03. The molecule has 126 valence electrons. The van der Waals surface area contributed by atoms with Gasteiger partial charge in [-0.2, -0.15) is 5.10 Å². The summed E-state index contributed by atoms with van der Waals surface area (Å²) in [6.45, 7) is 3.03. The Bertz CT molecular complexity index is 722. The van der Waals surface area contributed by atoms with Crippen LogP contribution in [0.3, 0.4) is 0 Å². The second-order valence-corrected chi connectivity index (χ2v) is 6.14. The van der Waals surface area contributed by atoms with Gasteiger partial charge in [0.05, 0.1) is 11.3 Å². The zero-order valence-electron chi connectivity index (χ0n) is 13.9. The zero-order valence-corrected chi connectivity index (χ0v) is 13.9. The average molecular weight is 328 g/mol. The number of carbonyl (C=O) groups is 1. The number of halogens is 1. The second-order valence-electron chi connectivity index (χ2n) is 6.14. The van der Waals surface area contributed by atoms with Gasteiger partial charge in [-0.15, -0.1) is 5.10 Å². The van der Waals surface area contributed by atoms with Gasteiger partial charge in [0, 0.05) is 32.4 Å². The first-order valence-electron chi connectivity index (χ1n) is 8.13. The van der Waals surface area contributed by atoms with E-state index >= 15 is 0 Å². The van der Waals surface area contributed by atoms with Gasteiger partial charge < -0.3 is 9.80 Å². The van der Waals surface area contributed by atoms with Crippen molar-refractivity contribution in [3.63, 3.8) is 0 Å². The first kappa shape index (κ1) is 16.4. The molecule has 1 atom stereocenters. The van der Waals surface area contributed by atoms with Crippen molar-refractivity contribution in [3.8, 4) is 0 Å². The van der Waals surface area contributed by atoms with E-state index in [0.717, 1.165) is 25.2 Å². The van der Waals surface area contributed by atoms with E-state index in [-0.39, 0.29) is 17.4 Å². The van der Waals surface area contributed by atoms with E-state index in [1.165, 1.54) is 13.0 Å². The fourth-order valence-electron chi connectivity index (χ4n) is 3.37. The molecule has 0 amide bonds. The molecule has 2 heterocycles. The monoisotopic (exact) mass is 328 g/mol. The molecule has 3 rings (SSSR count). The third-order valence-corrected chi connectivity index (χ3v) is 4.47. The second kappa shape index (κ2) is 6.95. The highest BCUT2D eigenvalue weighted by Crippen LogP contribution is 2.27. The van der Waals surface area contributed by atoms with Crippen LogP contribution in [-0.2, 0) is 0 Å². The van der Waals surface area contributed by atoms with Crippen molar-refractivity contribution in [1.29, 1.82) is 0 Å². The van der Waals surface area contributed by atoms with Gasteiger partial charge in [0.2, 0.25) is 0 Å². The number of ketones is 1. The molecule has 1 aliphatic heterocycles. The first-order chi connectivity index (χ1) is 11.6. The molecule has 0 N–H and O–H groups in total. The Labute approximate surface area is 141 Å². The molecule has 2 aromatic rings. The van der Waals surface area contributed by atoms with Gasteiger partial charge in [0.15, 0.2) is 11.6 Å². The fourth-order valence-corrected chi connectivity index (χ4v) is 3.37. The van der Waals surface area contributed by atoms with Gasteiger partial charge in [-0.05, 0) is 44.0 Å². The summed E-state index contributed by atoms with van der Waals surface area (Å²) in [6, 6.07) is 8.85. The first-order valence-corrected chi connectivity index (χ1v) is 8.13. The van der Waals surface area contributed by atoms with Crippen LogP contribution >= 0.6 is 0 Å². The molecule has 0 bridgehead atoms. The number of likely N-dealkylation sites (N-methyl/N-ethyl adjacent to an activating group) is 1. The number of anilines is 2. The van der Waals surface area contributed by atoms with Gasteiger partial charge >= 0.3 is 0 Å². The SMILES string of the molecule is CC(=O)c1c(F)cccc1N(C)CC1CCCN1c1cccnn1. The van der Waals surface area contributed by atoms with Gasteiger partial charge in [-0.1, -0.05) is 6.07 Å². The minimum Gasteiger partial charge on any atom is -0.372 e. The summed E-state index contributed by atoms with van der Waals surface area (Å²) < 4.78 is 14.0. The van der Waals surface area contributed by atoms with Crippen LogP contribution in [-0.4, -0.2) is 42.2 Å². The number of hydrogen-bond donors (Lipinski definition) is 0. The lowest BCUT2D eigenvalue weighted by atomic mass is 10.1. The maximum absolute atomic E-state index is 14.0. The number of hydrogen-bond acceptors (Lipinski definition) is 5. The van der Waals surface area contributed by atoms with E-state index < -0.39 is 5.82 Å². The van der Waals surface area contributed by atoms with Crippen LogP contribution in [0.5, 0.6) is 0 Å². The molecular weight excluding hydrogens is 307 g/mol. The Morgan fingerprint density at radius 2 is 2.21 bits per heavy atom. The minimum absolute atomic E-state index is 0.157. The van der Waals surface area contributed by atoms with Crippen LogP contribution < -0.4 is 9.80 Å². The van der Waals surface area contributed by atoms with E-state index in [4.69, 9.17) is 0 Å². The predicted molar refractivity (Wildman–Crippen MR) is 92.1 cm³/mol. The van der Waals surface area contributed by atoms with Crippen LogP contribution in [0.2, 0.25) is 0 Å². The van der Waals surface area contributed by atoms with Crippen LogP contribution in [0.4, 0.5) is 15.9 Å². The molecule has 0 radical (unpaired) electrons. The highest BCUT2D eigenvalue weighted by Gasteiger charge is 2.28. The molecule has 1 aromatic carbocycles. The molecule has 1 aromatic heterocycles. The normalized spacial score (nSPS) is 17.1. The molecule has 1 unspecified atom stereocenters. The number of Topliss-reactive ketones (excluding diaryl/α,β-unsaturated/α-hetero) is 1. The van der Waals surface area contributed by atoms with Gasteiger partial charge in [-0.25, -0.2) is 4.39 Å². The zero-order chi connectivity index (χ0) is 17.1. The van der Waals surface area contributed by atoms with E-state index in [1.54, 1.807) is 18.3 Å². The number of carbonyl (C=O) groups excluding carboxylic acids is 1. The number of aromatic nitrogens is 2. The molecule has 1 aliphatic rings. The third-order valence-electron chi connectivity index (χ3n) is 4.47. The minimum atomic E-state index is -0.468. The summed E-state index contributed by atoms with van der Waals surface area (Å²) >= 11 is 0. The molecule has 5 nitrogen and oxygen atoms in total. The fraction of sp³-hybridized carbons (Fsp3) is 0.389. The summed E-state index contributed by atoms with van der Waals surface area (Å²) in [7, 11) is 1.90. The molecule has 1 fully saturated rings. The number of rotatable bonds is 5. The quantitative estimate of drug-likeness (QED) is 0.790. The standard InChI is InChI=1S/C18H21FN4O/c1-13(24)18-15(19)7-3-8-16(18)22(2)12-14-6-5-11-23(14)17-9-4-10-20-21-17/h3-4,7-10,14H,5-6,11-12H2,1-2H3. The van der Waals surface area contributed by atoms with Crippen LogP contribution in [0.1, 0.15) is 30.1 Å². The number of benzene rings is 1. The smallest absolute Gasteiger partial charge is 0.164 e. The summed E-state index contributed by atoms with van der Waals surface area (Å²) in [6.07, 6.45) is 3.77. The number of nitrogens with zero attached hydrogens (tertiary/aromatic N) is 4. The van der Waals surface area contributed by atoms with Crippen LogP contribution in [0, 0.1) is 5.82 Å². The summed E-state index contributed by atoms with van der Waals surface area (Å²) in [5.74, 6) is 0.135. The van der Waals surface area contributed by atoms with Gasteiger partial charge in [0.1, 0.15) is 5.82 Å². The molecular formula is C18H21FN4O. The topological polar surface area (TPSA) is 49.3 Å². The largest absolute Gasteiger partial charge is 0.372 e.